The molecule has 0 bridgehead atoms. The second kappa shape index (κ2) is 11.4. The average molecular weight is 505 g/mol. The molecule has 1 aliphatic rings. The van der Waals surface area contributed by atoms with Gasteiger partial charge in [-0.25, -0.2) is 0 Å². The van der Waals surface area contributed by atoms with Crippen LogP contribution in [0.1, 0.15) is 25.7 Å². The van der Waals surface area contributed by atoms with Crippen LogP contribution >= 0.6 is 0 Å². The fourth-order valence-corrected chi connectivity index (χ4v) is 5.22. The summed E-state index contributed by atoms with van der Waals surface area (Å²) in [5.74, 6) is -0.206. The summed E-state index contributed by atoms with van der Waals surface area (Å²) >= 11 is 0. The van der Waals surface area contributed by atoms with Gasteiger partial charge in [-0.3, -0.25) is 19.6 Å². The first-order valence-corrected chi connectivity index (χ1v) is 13.1. The smallest absolute Gasteiger partial charge is 0.229 e. The van der Waals surface area contributed by atoms with Crippen molar-refractivity contribution in [3.05, 3.63) is 97.3 Å². The second-order valence-electron chi connectivity index (χ2n) is 9.88. The Morgan fingerprint density at radius 1 is 0.632 bits per heavy atom. The quantitative estimate of drug-likeness (QED) is 0.312. The van der Waals surface area contributed by atoms with Crippen LogP contribution in [0.3, 0.4) is 0 Å². The highest BCUT2D eigenvalue weighted by Gasteiger charge is 2.34. The minimum atomic E-state index is -0.168. The van der Waals surface area contributed by atoms with E-state index in [0.29, 0.717) is 6.42 Å². The van der Waals surface area contributed by atoms with Crippen LogP contribution in [0.25, 0.3) is 22.5 Å². The van der Waals surface area contributed by atoms with E-state index in [1.165, 1.54) is 0 Å². The van der Waals surface area contributed by atoms with E-state index >= 15 is 0 Å². The molecule has 2 heterocycles. The molecule has 0 radical (unpaired) electrons. The number of carbonyl (C=O) groups excluding carboxylic acids is 2. The van der Waals surface area contributed by atoms with Gasteiger partial charge in [-0.15, -0.1) is 0 Å². The van der Waals surface area contributed by atoms with E-state index in [9.17, 15) is 9.59 Å². The third-order valence-electron chi connectivity index (χ3n) is 7.46. The molecular weight excluding hydrogens is 472 g/mol. The van der Waals surface area contributed by atoms with Crippen molar-refractivity contribution in [2.45, 2.75) is 25.7 Å². The first-order valence-electron chi connectivity index (χ1n) is 13.1. The maximum atomic E-state index is 13.4. The lowest BCUT2D eigenvalue weighted by Gasteiger charge is -2.32. The molecule has 6 heteroatoms. The van der Waals surface area contributed by atoms with Crippen LogP contribution in [0.15, 0.2) is 97.3 Å². The normalized spacial score (nSPS) is 17.0. The Hall–Kier alpha value is -4.32. The third-order valence-corrected chi connectivity index (χ3v) is 7.46. The molecular formula is C32H32N4O2. The molecule has 0 aliphatic heterocycles. The minimum absolute atomic E-state index is 0.0652. The number of pyridine rings is 2. The van der Waals surface area contributed by atoms with Crippen molar-refractivity contribution in [3.63, 3.8) is 0 Å². The lowest BCUT2D eigenvalue weighted by Crippen LogP contribution is -2.40. The standard InChI is InChI=1S/C32H32N4O2/c1-35(27-16-12-23(13-17-27)29-10-3-5-20-33-29)31(37)25-8-7-9-26(22-25)32(38)36(2)28-18-14-24(15-19-28)30-11-4-6-21-34-30/h3-6,10-21,25-26H,7-9,22H2,1-2H3. The molecule has 6 nitrogen and oxygen atoms in total. The van der Waals surface area contributed by atoms with Gasteiger partial charge in [0.05, 0.1) is 11.4 Å². The summed E-state index contributed by atoms with van der Waals surface area (Å²) in [4.78, 5) is 39.1. The minimum Gasteiger partial charge on any atom is -0.315 e. The predicted molar refractivity (Wildman–Crippen MR) is 152 cm³/mol. The SMILES string of the molecule is CN(C(=O)C1CCCC(C(=O)N(C)c2ccc(-c3ccccn3)cc2)C1)c1ccc(-c2ccccn2)cc1. The number of hydrogen-bond acceptors (Lipinski definition) is 4. The number of hydrogen-bond donors (Lipinski definition) is 0. The Morgan fingerprint density at radius 3 is 1.42 bits per heavy atom. The second-order valence-corrected chi connectivity index (χ2v) is 9.88. The number of amides is 2. The van der Waals surface area contributed by atoms with Gasteiger partial charge in [-0.05, 0) is 67.8 Å². The van der Waals surface area contributed by atoms with Crippen LogP contribution in [0, 0.1) is 11.8 Å². The molecule has 1 saturated carbocycles. The predicted octanol–water partition coefficient (Wildman–Crippen LogP) is 6.24. The summed E-state index contributed by atoms with van der Waals surface area (Å²) in [6, 6.07) is 27.4. The van der Waals surface area contributed by atoms with Gasteiger partial charge in [-0.1, -0.05) is 42.8 Å². The Bertz CT molecular complexity index is 1270. The van der Waals surface area contributed by atoms with Gasteiger partial charge < -0.3 is 9.80 Å². The topological polar surface area (TPSA) is 66.4 Å². The van der Waals surface area contributed by atoms with E-state index in [2.05, 4.69) is 9.97 Å². The lowest BCUT2D eigenvalue weighted by atomic mass is 9.80. The van der Waals surface area contributed by atoms with Crippen LogP contribution in [0.4, 0.5) is 11.4 Å². The zero-order valence-corrected chi connectivity index (χ0v) is 21.8. The Labute approximate surface area is 224 Å². The number of nitrogens with zero attached hydrogens (tertiary/aromatic N) is 4. The fourth-order valence-electron chi connectivity index (χ4n) is 5.22. The first-order chi connectivity index (χ1) is 18.5. The molecule has 2 unspecified atom stereocenters. The van der Waals surface area contributed by atoms with Crippen molar-refractivity contribution < 1.29 is 9.59 Å². The average Bonchev–Trinajstić information content (AvgIpc) is 3.00. The maximum Gasteiger partial charge on any atom is 0.229 e. The molecule has 2 atom stereocenters. The monoisotopic (exact) mass is 504 g/mol. The lowest BCUT2D eigenvalue weighted by molar-refractivity contribution is -0.127. The molecule has 5 rings (SSSR count). The third kappa shape index (κ3) is 5.49. The number of benzene rings is 2. The summed E-state index contributed by atoms with van der Waals surface area (Å²) in [5.41, 5.74) is 5.50. The van der Waals surface area contributed by atoms with E-state index in [-0.39, 0.29) is 23.7 Å². The molecule has 1 aliphatic carbocycles. The Balaban J connectivity index is 1.22. The van der Waals surface area contributed by atoms with Crippen LogP contribution in [-0.2, 0) is 9.59 Å². The Kier molecular flexibility index (Phi) is 7.59. The summed E-state index contributed by atoms with van der Waals surface area (Å²) in [6.45, 7) is 0. The van der Waals surface area contributed by atoms with E-state index in [4.69, 9.17) is 0 Å². The highest BCUT2D eigenvalue weighted by molar-refractivity contribution is 5.97. The van der Waals surface area contributed by atoms with Crippen LogP contribution in [0.2, 0.25) is 0 Å². The molecule has 192 valence electrons. The molecule has 2 amide bonds. The number of rotatable bonds is 6. The van der Waals surface area contributed by atoms with Crippen LogP contribution < -0.4 is 9.80 Å². The molecule has 0 N–H and O–H groups in total. The summed E-state index contributed by atoms with van der Waals surface area (Å²) in [6.07, 6.45) is 6.60. The van der Waals surface area contributed by atoms with Crippen molar-refractivity contribution in [1.82, 2.24) is 9.97 Å². The Morgan fingerprint density at radius 2 is 1.05 bits per heavy atom. The molecule has 2 aromatic heterocycles. The molecule has 4 aromatic rings. The number of carbonyl (C=O) groups is 2. The molecule has 1 fully saturated rings. The van der Waals surface area contributed by atoms with Crippen LogP contribution in [-0.4, -0.2) is 35.9 Å². The van der Waals surface area contributed by atoms with E-state index < -0.39 is 0 Å². The van der Waals surface area contributed by atoms with Crippen molar-refractivity contribution in [2.75, 3.05) is 23.9 Å². The van der Waals surface area contributed by atoms with Gasteiger partial charge in [0.25, 0.3) is 0 Å². The van der Waals surface area contributed by atoms with Gasteiger partial charge in [0.1, 0.15) is 0 Å². The number of aromatic nitrogens is 2. The van der Waals surface area contributed by atoms with Crippen molar-refractivity contribution in [2.24, 2.45) is 11.8 Å². The first kappa shape index (κ1) is 25.3. The van der Waals surface area contributed by atoms with Crippen molar-refractivity contribution in [1.29, 1.82) is 0 Å². The molecule has 0 saturated heterocycles. The van der Waals surface area contributed by atoms with Crippen molar-refractivity contribution in [3.8, 4) is 22.5 Å². The maximum absolute atomic E-state index is 13.4. The summed E-state index contributed by atoms with van der Waals surface area (Å²) in [7, 11) is 3.64. The fraction of sp³-hybridized carbons (Fsp3) is 0.250. The van der Waals surface area contributed by atoms with Gasteiger partial charge in [-0.2, -0.15) is 0 Å². The molecule has 38 heavy (non-hydrogen) atoms. The van der Waals surface area contributed by atoms with Crippen LogP contribution in [0.5, 0.6) is 0 Å². The zero-order chi connectivity index (χ0) is 26.5. The highest BCUT2D eigenvalue weighted by atomic mass is 16.2. The molecule has 2 aromatic carbocycles. The van der Waals surface area contributed by atoms with Gasteiger partial charge >= 0.3 is 0 Å². The number of anilines is 2. The summed E-state index contributed by atoms with van der Waals surface area (Å²) in [5, 5.41) is 0. The van der Waals surface area contributed by atoms with E-state index in [0.717, 1.165) is 53.2 Å². The highest BCUT2D eigenvalue weighted by Crippen LogP contribution is 2.34. The molecule has 0 spiro atoms. The van der Waals surface area contributed by atoms with E-state index in [1.807, 2.05) is 99.0 Å². The van der Waals surface area contributed by atoms with E-state index in [1.54, 1.807) is 22.2 Å². The van der Waals surface area contributed by atoms with Gasteiger partial charge in [0.2, 0.25) is 11.8 Å². The zero-order valence-electron chi connectivity index (χ0n) is 21.8. The summed E-state index contributed by atoms with van der Waals surface area (Å²) < 4.78 is 0. The van der Waals surface area contributed by atoms with Gasteiger partial charge in [0, 0.05) is 60.8 Å². The largest absolute Gasteiger partial charge is 0.315 e. The van der Waals surface area contributed by atoms with Gasteiger partial charge in [0.15, 0.2) is 0 Å². The van der Waals surface area contributed by atoms with Crippen molar-refractivity contribution >= 4 is 23.2 Å².